The van der Waals surface area contributed by atoms with Crippen molar-refractivity contribution < 1.29 is 0 Å². The number of hydrogen-bond donors (Lipinski definition) is 0. The van der Waals surface area contributed by atoms with E-state index in [-0.39, 0.29) is 11.1 Å². The van der Waals surface area contributed by atoms with Crippen LogP contribution in [0, 0.1) is 11.3 Å². The van der Waals surface area contributed by atoms with Gasteiger partial charge in [0.05, 0.1) is 33.2 Å². The van der Waals surface area contributed by atoms with Crippen molar-refractivity contribution >= 4 is 21.8 Å². The standard InChI is InChI=1S/C43H25N5O2/c44-26-36-39(27-11-3-1-4-12-27)45-41(46-40(36)28-13-5-2-6-14-28)33-18-10-17-31(24-33)29-15-9-16-30(23-29)32-21-22-35-38(25-32)47-37-20-8-7-19-34(37)42(49)48(47)43(35)50/h1-25H. The van der Waals surface area contributed by atoms with Crippen LogP contribution in [0.3, 0.4) is 0 Å². The van der Waals surface area contributed by atoms with Crippen LogP contribution in [0.15, 0.2) is 161 Å². The van der Waals surface area contributed by atoms with Crippen LogP contribution in [0.4, 0.5) is 0 Å². The maximum atomic E-state index is 13.3. The molecule has 0 aliphatic rings. The van der Waals surface area contributed by atoms with Gasteiger partial charge in [0.25, 0.3) is 11.1 Å². The molecule has 0 radical (unpaired) electrons. The lowest BCUT2D eigenvalue weighted by atomic mass is 9.97. The van der Waals surface area contributed by atoms with Gasteiger partial charge in [0.2, 0.25) is 0 Å². The third-order valence-corrected chi connectivity index (χ3v) is 9.17. The molecule has 0 N–H and O–H groups in total. The Labute approximate surface area is 285 Å². The third kappa shape index (κ3) is 4.59. The molecule has 0 atom stereocenters. The molecule has 50 heavy (non-hydrogen) atoms. The van der Waals surface area contributed by atoms with Gasteiger partial charge >= 0.3 is 0 Å². The van der Waals surface area contributed by atoms with Crippen molar-refractivity contribution in [3.05, 3.63) is 178 Å². The van der Waals surface area contributed by atoms with Crippen LogP contribution in [0.25, 0.3) is 78.0 Å². The number of nitriles is 1. The maximum Gasteiger partial charge on any atom is 0.282 e. The van der Waals surface area contributed by atoms with E-state index in [4.69, 9.17) is 9.97 Å². The molecular formula is C43H25N5O2. The second-order valence-electron chi connectivity index (χ2n) is 12.1. The maximum absolute atomic E-state index is 13.3. The molecule has 7 nitrogen and oxygen atoms in total. The number of hydrogen-bond acceptors (Lipinski definition) is 5. The molecule has 0 saturated heterocycles. The molecule has 9 rings (SSSR count). The van der Waals surface area contributed by atoms with Gasteiger partial charge in [-0.25, -0.2) is 14.5 Å². The van der Waals surface area contributed by atoms with E-state index in [1.54, 1.807) is 22.7 Å². The van der Waals surface area contributed by atoms with E-state index in [0.717, 1.165) is 38.9 Å². The SMILES string of the molecule is N#Cc1c(-c2ccccc2)nc(-c2cccc(-c3cccc(-c4ccc5c(=O)n6c(=O)c7ccccc7n6c5c4)c3)c2)nc1-c1ccccc1. The zero-order valence-electron chi connectivity index (χ0n) is 26.5. The summed E-state index contributed by atoms with van der Waals surface area (Å²) in [6.07, 6.45) is 0. The third-order valence-electron chi connectivity index (χ3n) is 9.17. The topological polar surface area (TPSA) is 92.5 Å². The largest absolute Gasteiger partial charge is 0.282 e. The number of aromatic nitrogens is 4. The summed E-state index contributed by atoms with van der Waals surface area (Å²) in [4.78, 5) is 36.3. The highest BCUT2D eigenvalue weighted by Crippen LogP contribution is 2.34. The van der Waals surface area contributed by atoms with Gasteiger partial charge in [-0.1, -0.05) is 115 Å². The quantitative estimate of drug-likeness (QED) is 0.188. The zero-order valence-corrected chi connectivity index (χ0v) is 26.5. The number of benzene rings is 6. The molecule has 0 saturated carbocycles. The van der Waals surface area contributed by atoms with Crippen molar-refractivity contribution in [2.45, 2.75) is 0 Å². The summed E-state index contributed by atoms with van der Waals surface area (Å²) in [6.45, 7) is 0. The van der Waals surface area contributed by atoms with Gasteiger partial charge in [-0.3, -0.25) is 9.59 Å². The van der Waals surface area contributed by atoms with Crippen LogP contribution in [0.5, 0.6) is 0 Å². The van der Waals surface area contributed by atoms with Crippen molar-refractivity contribution in [2.24, 2.45) is 0 Å². The van der Waals surface area contributed by atoms with Crippen molar-refractivity contribution in [2.75, 3.05) is 0 Å². The minimum Gasteiger partial charge on any atom is -0.267 e. The highest BCUT2D eigenvalue weighted by Gasteiger charge is 2.20. The summed E-state index contributed by atoms with van der Waals surface area (Å²) in [5, 5.41) is 11.3. The molecule has 3 heterocycles. The average Bonchev–Trinajstić information content (AvgIpc) is 3.65. The Morgan fingerprint density at radius 3 is 1.52 bits per heavy atom. The van der Waals surface area contributed by atoms with Crippen molar-refractivity contribution in [3.8, 4) is 62.2 Å². The first-order chi connectivity index (χ1) is 24.6. The molecule has 0 unspecified atom stereocenters. The first-order valence-electron chi connectivity index (χ1n) is 16.2. The fourth-order valence-electron chi connectivity index (χ4n) is 6.78. The second-order valence-corrected chi connectivity index (χ2v) is 12.1. The Bertz CT molecular complexity index is 2860. The molecule has 0 bridgehead atoms. The molecular weight excluding hydrogens is 619 g/mol. The Morgan fingerprint density at radius 1 is 0.440 bits per heavy atom. The van der Waals surface area contributed by atoms with E-state index in [0.29, 0.717) is 44.6 Å². The molecule has 0 fully saturated rings. The zero-order chi connectivity index (χ0) is 33.8. The monoisotopic (exact) mass is 643 g/mol. The lowest BCUT2D eigenvalue weighted by Crippen LogP contribution is -2.21. The van der Waals surface area contributed by atoms with Crippen LogP contribution < -0.4 is 11.1 Å². The summed E-state index contributed by atoms with van der Waals surface area (Å²) in [6, 6.07) is 51.1. The Kier molecular flexibility index (Phi) is 6.68. The lowest BCUT2D eigenvalue weighted by molar-refractivity contribution is 0.841. The highest BCUT2D eigenvalue weighted by molar-refractivity contribution is 5.90. The molecule has 6 aromatic carbocycles. The van der Waals surface area contributed by atoms with E-state index in [1.807, 2.05) is 109 Å². The van der Waals surface area contributed by atoms with Crippen LogP contribution in [0.1, 0.15) is 5.56 Å². The van der Waals surface area contributed by atoms with Gasteiger partial charge in [0, 0.05) is 16.7 Å². The van der Waals surface area contributed by atoms with Crippen LogP contribution >= 0.6 is 0 Å². The molecule has 0 aliphatic heterocycles. The molecule has 234 valence electrons. The van der Waals surface area contributed by atoms with E-state index in [9.17, 15) is 14.9 Å². The number of fused-ring (bicyclic) bond motifs is 5. The van der Waals surface area contributed by atoms with Crippen molar-refractivity contribution in [1.29, 1.82) is 5.26 Å². The van der Waals surface area contributed by atoms with E-state index >= 15 is 0 Å². The summed E-state index contributed by atoms with van der Waals surface area (Å²) < 4.78 is 2.94. The van der Waals surface area contributed by atoms with E-state index in [2.05, 4.69) is 30.3 Å². The van der Waals surface area contributed by atoms with Gasteiger partial charge in [-0.05, 0) is 58.7 Å². The van der Waals surface area contributed by atoms with Crippen LogP contribution in [-0.4, -0.2) is 19.0 Å². The summed E-state index contributed by atoms with van der Waals surface area (Å²) in [5.41, 5.74) is 8.68. The average molecular weight is 644 g/mol. The first kappa shape index (κ1) is 29.0. The van der Waals surface area contributed by atoms with Gasteiger partial charge in [0.15, 0.2) is 5.82 Å². The molecule has 3 aromatic heterocycles. The normalized spacial score (nSPS) is 11.3. The molecule has 7 heteroatoms. The van der Waals surface area contributed by atoms with Crippen molar-refractivity contribution in [3.63, 3.8) is 0 Å². The van der Waals surface area contributed by atoms with Gasteiger partial charge in [-0.15, -0.1) is 0 Å². The Balaban J connectivity index is 1.16. The predicted molar refractivity (Wildman–Crippen MR) is 197 cm³/mol. The fourth-order valence-corrected chi connectivity index (χ4v) is 6.78. The highest BCUT2D eigenvalue weighted by atomic mass is 16.2. The fraction of sp³-hybridized carbons (Fsp3) is 0. The smallest absolute Gasteiger partial charge is 0.267 e. The second kappa shape index (κ2) is 11.5. The molecule has 0 amide bonds. The van der Waals surface area contributed by atoms with Crippen molar-refractivity contribution in [1.82, 2.24) is 19.0 Å². The van der Waals surface area contributed by atoms with E-state index in [1.165, 1.54) is 4.52 Å². The lowest BCUT2D eigenvalue weighted by Gasteiger charge is -2.13. The Hall–Kier alpha value is -7.17. The molecule has 9 aromatic rings. The van der Waals surface area contributed by atoms with Gasteiger partial charge in [-0.2, -0.15) is 9.78 Å². The number of para-hydroxylation sites is 1. The number of nitrogens with zero attached hydrogens (tertiary/aromatic N) is 5. The molecule has 0 aliphatic carbocycles. The summed E-state index contributed by atoms with van der Waals surface area (Å²) in [7, 11) is 0. The predicted octanol–water partition coefficient (Wildman–Crippen LogP) is 8.50. The Morgan fingerprint density at radius 2 is 0.920 bits per heavy atom. The summed E-state index contributed by atoms with van der Waals surface area (Å²) >= 11 is 0. The first-order valence-corrected chi connectivity index (χ1v) is 16.2. The minimum atomic E-state index is -0.325. The molecule has 0 spiro atoms. The number of rotatable bonds is 5. The van der Waals surface area contributed by atoms with Crippen LogP contribution in [0.2, 0.25) is 0 Å². The summed E-state index contributed by atoms with van der Waals surface area (Å²) in [5.74, 6) is 0.521. The van der Waals surface area contributed by atoms with Gasteiger partial charge < -0.3 is 0 Å². The van der Waals surface area contributed by atoms with Gasteiger partial charge in [0.1, 0.15) is 11.6 Å². The minimum absolute atomic E-state index is 0.316. The van der Waals surface area contributed by atoms with Crippen LogP contribution in [-0.2, 0) is 0 Å². The van der Waals surface area contributed by atoms with E-state index < -0.39 is 0 Å².